The molecule has 0 aliphatic rings. The Labute approximate surface area is 151 Å². The molecule has 0 aliphatic heterocycles. The van der Waals surface area contributed by atoms with E-state index in [-0.39, 0.29) is 5.95 Å². The number of alkyl halides is 3. The Morgan fingerprint density at radius 3 is 2.15 bits per heavy atom. The maximum atomic E-state index is 12.7. The van der Waals surface area contributed by atoms with Gasteiger partial charge in [0.15, 0.2) is 0 Å². The highest BCUT2D eigenvalue weighted by atomic mass is 19.4. The number of nitrogens with two attached hydrogens (primary N) is 1. The van der Waals surface area contributed by atoms with E-state index in [0.717, 1.165) is 29.0 Å². The van der Waals surface area contributed by atoms with E-state index in [0.29, 0.717) is 12.2 Å². The molecule has 0 saturated heterocycles. The van der Waals surface area contributed by atoms with Crippen molar-refractivity contribution in [3.05, 3.63) is 52.7 Å². The van der Waals surface area contributed by atoms with Crippen molar-refractivity contribution in [1.82, 2.24) is 9.97 Å². The molecule has 0 unspecified atom stereocenters. The first kappa shape index (κ1) is 19.8. The van der Waals surface area contributed by atoms with Gasteiger partial charge in [0.25, 0.3) is 0 Å². The average Bonchev–Trinajstić information content (AvgIpc) is 2.59. The highest BCUT2D eigenvalue weighted by Crippen LogP contribution is 2.32. The van der Waals surface area contributed by atoms with E-state index in [4.69, 9.17) is 5.73 Å². The summed E-state index contributed by atoms with van der Waals surface area (Å²) in [6.45, 7) is 5.85. The van der Waals surface area contributed by atoms with E-state index in [1.165, 1.54) is 12.1 Å². The van der Waals surface area contributed by atoms with Crippen molar-refractivity contribution < 1.29 is 13.2 Å². The van der Waals surface area contributed by atoms with E-state index < -0.39 is 17.2 Å². The van der Waals surface area contributed by atoms with Crippen LogP contribution in [0.5, 0.6) is 0 Å². The molecule has 26 heavy (non-hydrogen) atoms. The molecule has 2 aromatic rings. The first-order chi connectivity index (χ1) is 12.1. The third kappa shape index (κ3) is 4.33. The van der Waals surface area contributed by atoms with E-state index in [9.17, 15) is 13.2 Å². The van der Waals surface area contributed by atoms with Crippen molar-refractivity contribution in [1.29, 1.82) is 0 Å². The Morgan fingerprint density at radius 2 is 1.65 bits per heavy atom. The van der Waals surface area contributed by atoms with Crippen molar-refractivity contribution in [2.75, 3.05) is 18.1 Å². The van der Waals surface area contributed by atoms with Crippen molar-refractivity contribution in [3.8, 4) is 0 Å². The third-order valence-corrected chi connectivity index (χ3v) is 4.24. The van der Waals surface area contributed by atoms with Crippen LogP contribution in [0.25, 0.3) is 6.08 Å². The summed E-state index contributed by atoms with van der Waals surface area (Å²) in [6.07, 6.45) is 0.172. The van der Waals surface area contributed by atoms with Crippen LogP contribution in [0.2, 0.25) is 0 Å². The van der Waals surface area contributed by atoms with Crippen LogP contribution in [0.1, 0.15) is 43.2 Å². The Kier molecular flexibility index (Phi) is 5.59. The van der Waals surface area contributed by atoms with Crippen molar-refractivity contribution in [3.63, 3.8) is 0 Å². The highest BCUT2D eigenvalue weighted by Gasteiger charge is 2.30. The van der Waals surface area contributed by atoms with Crippen molar-refractivity contribution in [2.24, 2.45) is 0 Å². The number of nitrogens with zero attached hydrogens (tertiary/aromatic N) is 2. The van der Waals surface area contributed by atoms with Gasteiger partial charge in [-0.15, -0.1) is 0 Å². The number of benzene rings is 1. The number of nitrogen functional groups attached to an aromatic ring is 1. The van der Waals surface area contributed by atoms with E-state index in [2.05, 4.69) is 15.3 Å². The predicted molar refractivity (Wildman–Crippen MR) is 98.9 cm³/mol. The second kappa shape index (κ2) is 7.35. The van der Waals surface area contributed by atoms with E-state index in [1.807, 2.05) is 32.9 Å². The maximum Gasteiger partial charge on any atom is 0.416 e. The van der Waals surface area contributed by atoms with Crippen LogP contribution < -0.4 is 11.1 Å². The molecule has 4 nitrogen and oxygen atoms in total. The molecule has 3 N–H and O–H groups in total. The van der Waals surface area contributed by atoms with Gasteiger partial charge < -0.3 is 11.1 Å². The monoisotopic (exact) mass is 364 g/mol. The van der Waals surface area contributed by atoms with Crippen molar-refractivity contribution >= 4 is 17.8 Å². The summed E-state index contributed by atoms with van der Waals surface area (Å²) in [5, 5.41) is 3.00. The van der Waals surface area contributed by atoms with Gasteiger partial charge in [-0.05, 0) is 24.1 Å². The number of hydrogen-bond acceptors (Lipinski definition) is 4. The molecule has 0 amide bonds. The molecule has 0 atom stereocenters. The molecule has 0 fully saturated rings. The lowest BCUT2D eigenvalue weighted by atomic mass is 9.83. The van der Waals surface area contributed by atoms with Crippen LogP contribution in [0.4, 0.5) is 24.9 Å². The minimum absolute atomic E-state index is 0.199. The first-order valence-corrected chi connectivity index (χ1v) is 8.29. The number of aryl methyl sites for hydroxylation is 1. The number of hydrogen-bond donors (Lipinski definition) is 2. The lowest BCUT2D eigenvalue weighted by Crippen LogP contribution is -2.14. The standard InChI is InChI=1S/C19H23F3N4/c1-5-15-14(16(24-4)26-17(23)25-15)10-11-18(2,3)12-6-8-13(9-7-12)19(20,21)22/h6-11H,5H2,1-4H3,(H3,23,24,25,26)/b11-10+. The molecule has 0 aliphatic carbocycles. The molecule has 7 heteroatoms. The van der Waals surface area contributed by atoms with E-state index >= 15 is 0 Å². The third-order valence-electron chi connectivity index (χ3n) is 4.24. The zero-order valence-corrected chi connectivity index (χ0v) is 15.3. The highest BCUT2D eigenvalue weighted by molar-refractivity contribution is 5.67. The molecular formula is C19H23F3N4. The maximum absolute atomic E-state index is 12.7. The lowest BCUT2D eigenvalue weighted by molar-refractivity contribution is -0.137. The van der Waals surface area contributed by atoms with Gasteiger partial charge in [0.2, 0.25) is 5.95 Å². The summed E-state index contributed by atoms with van der Waals surface area (Å²) >= 11 is 0. The average molecular weight is 364 g/mol. The number of allylic oxidation sites excluding steroid dienone is 1. The fraction of sp³-hybridized carbons (Fsp3) is 0.368. The van der Waals surface area contributed by atoms with Gasteiger partial charge >= 0.3 is 6.18 Å². The predicted octanol–water partition coefficient (Wildman–Crippen LogP) is 4.67. The lowest BCUT2D eigenvalue weighted by Gasteiger charge is -2.22. The molecule has 0 saturated carbocycles. The zero-order chi connectivity index (χ0) is 19.5. The Balaban J connectivity index is 2.37. The molecule has 1 aromatic heterocycles. The SMILES string of the molecule is CCc1nc(N)nc(NC)c1/C=C/C(C)(C)c1ccc(C(F)(F)F)cc1. The minimum atomic E-state index is -4.34. The molecule has 0 bridgehead atoms. The zero-order valence-electron chi connectivity index (χ0n) is 15.3. The molecule has 140 valence electrons. The smallest absolute Gasteiger partial charge is 0.372 e. The first-order valence-electron chi connectivity index (χ1n) is 8.29. The quantitative estimate of drug-likeness (QED) is 0.809. The molecular weight excluding hydrogens is 341 g/mol. The molecule has 2 rings (SSSR count). The summed E-state index contributed by atoms with van der Waals surface area (Å²) in [7, 11) is 1.75. The second-order valence-electron chi connectivity index (χ2n) is 6.52. The number of halogens is 3. The van der Waals surface area contributed by atoms with Crippen LogP contribution in [0.15, 0.2) is 30.3 Å². The molecule has 0 radical (unpaired) electrons. The summed E-state index contributed by atoms with van der Waals surface area (Å²) in [5.41, 5.74) is 7.01. The normalized spacial score (nSPS) is 12.6. The molecule has 1 aromatic carbocycles. The van der Waals surface area contributed by atoms with E-state index in [1.54, 1.807) is 7.05 Å². The van der Waals surface area contributed by atoms with Gasteiger partial charge in [-0.25, -0.2) is 4.98 Å². The van der Waals surface area contributed by atoms with Crippen molar-refractivity contribution in [2.45, 2.75) is 38.8 Å². The van der Waals surface area contributed by atoms with Gasteiger partial charge in [-0.3, -0.25) is 0 Å². The minimum Gasteiger partial charge on any atom is -0.372 e. The van der Waals surface area contributed by atoms with Gasteiger partial charge in [0.05, 0.1) is 11.3 Å². The van der Waals surface area contributed by atoms with Crippen LogP contribution in [-0.4, -0.2) is 17.0 Å². The van der Waals surface area contributed by atoms with Crippen LogP contribution in [-0.2, 0) is 18.0 Å². The summed E-state index contributed by atoms with van der Waals surface area (Å²) < 4.78 is 38.2. The molecule has 0 spiro atoms. The van der Waals surface area contributed by atoms with Crippen LogP contribution in [0.3, 0.4) is 0 Å². The van der Waals surface area contributed by atoms with Gasteiger partial charge in [0, 0.05) is 18.0 Å². The fourth-order valence-electron chi connectivity index (χ4n) is 2.65. The van der Waals surface area contributed by atoms with Crippen LogP contribution in [0, 0.1) is 0 Å². The largest absolute Gasteiger partial charge is 0.416 e. The number of nitrogens with one attached hydrogen (secondary N) is 1. The molecule has 1 heterocycles. The van der Waals surface area contributed by atoms with Gasteiger partial charge in [-0.1, -0.05) is 45.1 Å². The topological polar surface area (TPSA) is 63.8 Å². The summed E-state index contributed by atoms with van der Waals surface area (Å²) in [5.74, 6) is 0.819. The number of aromatic nitrogens is 2. The summed E-state index contributed by atoms with van der Waals surface area (Å²) in [4.78, 5) is 8.45. The fourth-order valence-corrected chi connectivity index (χ4v) is 2.65. The summed E-state index contributed by atoms with van der Waals surface area (Å²) in [6, 6.07) is 5.22. The Hall–Kier alpha value is -2.57. The van der Waals surface area contributed by atoms with Gasteiger partial charge in [-0.2, -0.15) is 18.2 Å². The Bertz CT molecular complexity index is 768. The second-order valence-corrected chi connectivity index (χ2v) is 6.52. The number of anilines is 2. The Morgan fingerprint density at radius 1 is 1.08 bits per heavy atom. The number of rotatable bonds is 5. The van der Waals surface area contributed by atoms with Gasteiger partial charge in [0.1, 0.15) is 5.82 Å². The van der Waals surface area contributed by atoms with Crippen LogP contribution >= 0.6 is 0 Å².